The summed E-state index contributed by atoms with van der Waals surface area (Å²) in [4.78, 5) is 12.6. The third kappa shape index (κ3) is 2.62. The van der Waals surface area contributed by atoms with E-state index in [-0.39, 0.29) is 23.5 Å². The number of hydrogen-bond donors (Lipinski definition) is 2. The Hall–Kier alpha value is -1.49. The molecule has 1 aromatic rings. The molecule has 0 bridgehead atoms. The molecule has 120 valence electrons. The summed E-state index contributed by atoms with van der Waals surface area (Å²) in [5, 5.41) is 12.7. The summed E-state index contributed by atoms with van der Waals surface area (Å²) < 4.78 is 27.2. The molecule has 5 heteroatoms. The van der Waals surface area contributed by atoms with Crippen LogP contribution in [0.15, 0.2) is 18.2 Å². The Bertz CT molecular complexity index is 572. The number of amides is 1. The minimum absolute atomic E-state index is 0.0825. The fourth-order valence-corrected chi connectivity index (χ4v) is 3.67. The molecule has 22 heavy (non-hydrogen) atoms. The second kappa shape index (κ2) is 5.95. The van der Waals surface area contributed by atoms with Gasteiger partial charge in [0.25, 0.3) is 0 Å². The van der Waals surface area contributed by atoms with Gasteiger partial charge < -0.3 is 10.4 Å². The highest BCUT2D eigenvalue weighted by molar-refractivity contribution is 5.89. The van der Waals surface area contributed by atoms with Crippen molar-refractivity contribution in [1.29, 1.82) is 0 Å². The van der Waals surface area contributed by atoms with Crippen LogP contribution in [0, 0.1) is 17.6 Å². The fraction of sp³-hybridized carbons (Fsp3) is 0.588. The highest BCUT2D eigenvalue weighted by atomic mass is 19.1. The van der Waals surface area contributed by atoms with Crippen molar-refractivity contribution in [1.82, 2.24) is 5.32 Å². The molecule has 3 nitrogen and oxygen atoms in total. The number of aliphatic hydroxyl groups excluding tert-OH is 1. The molecule has 2 aliphatic rings. The quantitative estimate of drug-likeness (QED) is 0.898. The van der Waals surface area contributed by atoms with E-state index in [1.165, 1.54) is 12.1 Å². The van der Waals surface area contributed by atoms with E-state index in [4.69, 9.17) is 0 Å². The first-order chi connectivity index (χ1) is 10.5. The van der Waals surface area contributed by atoms with Crippen LogP contribution in [-0.4, -0.2) is 23.7 Å². The van der Waals surface area contributed by atoms with Gasteiger partial charge in [-0.05, 0) is 31.7 Å². The summed E-state index contributed by atoms with van der Waals surface area (Å²) >= 11 is 0. The van der Waals surface area contributed by atoms with Crippen LogP contribution in [-0.2, 0) is 10.2 Å². The van der Waals surface area contributed by atoms with Gasteiger partial charge in [-0.1, -0.05) is 18.9 Å². The van der Waals surface area contributed by atoms with Crippen LogP contribution in [0.25, 0.3) is 0 Å². The molecule has 0 spiro atoms. The van der Waals surface area contributed by atoms with Crippen LogP contribution in [0.2, 0.25) is 0 Å². The zero-order chi connectivity index (χ0) is 15.7. The zero-order valence-corrected chi connectivity index (χ0v) is 12.4. The lowest BCUT2D eigenvalue weighted by atomic mass is 9.63. The van der Waals surface area contributed by atoms with Crippen molar-refractivity contribution in [3.63, 3.8) is 0 Å². The minimum Gasteiger partial charge on any atom is -0.393 e. The van der Waals surface area contributed by atoms with Crippen LogP contribution < -0.4 is 5.32 Å². The summed E-state index contributed by atoms with van der Waals surface area (Å²) in [7, 11) is 0. The predicted molar refractivity (Wildman–Crippen MR) is 78.2 cm³/mol. The Labute approximate surface area is 128 Å². The summed E-state index contributed by atoms with van der Waals surface area (Å²) in [6.45, 7) is 0.421. The Morgan fingerprint density at radius 2 is 2.05 bits per heavy atom. The Morgan fingerprint density at radius 1 is 1.27 bits per heavy atom. The number of halogens is 2. The molecule has 0 aliphatic heterocycles. The second-order valence-corrected chi connectivity index (χ2v) is 6.53. The molecule has 2 unspecified atom stereocenters. The van der Waals surface area contributed by atoms with E-state index in [0.29, 0.717) is 19.4 Å². The molecular formula is C17H21F2NO2. The molecule has 2 saturated carbocycles. The maximum absolute atomic E-state index is 14.1. The van der Waals surface area contributed by atoms with Gasteiger partial charge in [0.2, 0.25) is 5.91 Å². The molecule has 0 radical (unpaired) electrons. The van der Waals surface area contributed by atoms with Crippen LogP contribution >= 0.6 is 0 Å². The zero-order valence-electron chi connectivity index (χ0n) is 12.4. The van der Waals surface area contributed by atoms with E-state index in [2.05, 4.69) is 5.32 Å². The Balaban J connectivity index is 1.73. The lowest BCUT2D eigenvalue weighted by molar-refractivity contribution is -0.130. The number of hydrogen-bond acceptors (Lipinski definition) is 2. The standard InChI is InChI=1S/C17H21F2NO2/c18-12-5-6-13(14(19)9-12)17(7-2-8-17)16(22)20-10-11-3-1-4-15(11)21/h5-6,9,11,15,21H,1-4,7-8,10H2,(H,20,22). The third-order valence-corrected chi connectivity index (χ3v) is 5.23. The van der Waals surface area contributed by atoms with E-state index < -0.39 is 17.0 Å². The molecule has 3 rings (SSSR count). The van der Waals surface area contributed by atoms with Gasteiger partial charge in [0.05, 0.1) is 11.5 Å². The molecule has 0 saturated heterocycles. The maximum Gasteiger partial charge on any atom is 0.230 e. The lowest BCUT2D eigenvalue weighted by Crippen LogP contribution is -2.51. The van der Waals surface area contributed by atoms with Crippen LogP contribution in [0.3, 0.4) is 0 Å². The molecule has 0 aromatic heterocycles. The highest BCUT2D eigenvalue weighted by Crippen LogP contribution is 2.45. The van der Waals surface area contributed by atoms with Crippen molar-refractivity contribution >= 4 is 5.91 Å². The first-order valence-corrected chi connectivity index (χ1v) is 7.95. The van der Waals surface area contributed by atoms with E-state index in [0.717, 1.165) is 31.7 Å². The smallest absolute Gasteiger partial charge is 0.230 e. The lowest BCUT2D eigenvalue weighted by Gasteiger charge is -2.41. The fourth-order valence-electron chi connectivity index (χ4n) is 3.67. The van der Waals surface area contributed by atoms with E-state index in [1.807, 2.05) is 0 Å². The van der Waals surface area contributed by atoms with E-state index in [1.54, 1.807) is 0 Å². The van der Waals surface area contributed by atoms with Gasteiger partial charge in [0.15, 0.2) is 0 Å². The highest BCUT2D eigenvalue weighted by Gasteiger charge is 2.47. The number of rotatable bonds is 4. The average molecular weight is 309 g/mol. The first kappa shape index (κ1) is 15.4. The average Bonchev–Trinajstić information content (AvgIpc) is 2.83. The van der Waals surface area contributed by atoms with Crippen LogP contribution in [0.1, 0.15) is 44.1 Å². The van der Waals surface area contributed by atoms with Crippen molar-refractivity contribution < 1.29 is 18.7 Å². The van der Waals surface area contributed by atoms with Crippen molar-refractivity contribution in [3.05, 3.63) is 35.4 Å². The van der Waals surface area contributed by atoms with Gasteiger partial charge in [-0.2, -0.15) is 0 Å². The maximum atomic E-state index is 14.1. The molecule has 1 aromatic carbocycles. The molecule has 1 amide bonds. The van der Waals surface area contributed by atoms with E-state index in [9.17, 15) is 18.7 Å². The molecule has 2 N–H and O–H groups in total. The van der Waals surface area contributed by atoms with Gasteiger partial charge in [-0.25, -0.2) is 8.78 Å². The third-order valence-electron chi connectivity index (χ3n) is 5.23. The predicted octanol–water partition coefficient (Wildman–Crippen LogP) is 2.66. The molecular weight excluding hydrogens is 288 g/mol. The number of nitrogens with one attached hydrogen (secondary N) is 1. The molecule has 2 atom stereocenters. The SMILES string of the molecule is O=C(NCC1CCCC1O)C1(c2ccc(F)cc2F)CCC1. The normalized spacial score (nSPS) is 26.5. The summed E-state index contributed by atoms with van der Waals surface area (Å²) in [5.74, 6) is -1.41. The van der Waals surface area contributed by atoms with Crippen molar-refractivity contribution in [2.75, 3.05) is 6.54 Å². The van der Waals surface area contributed by atoms with Gasteiger partial charge in [-0.15, -0.1) is 0 Å². The summed E-state index contributed by atoms with van der Waals surface area (Å²) in [6, 6.07) is 3.42. The van der Waals surface area contributed by atoms with Crippen LogP contribution in [0.4, 0.5) is 8.78 Å². The largest absolute Gasteiger partial charge is 0.393 e. The van der Waals surface area contributed by atoms with E-state index >= 15 is 0 Å². The van der Waals surface area contributed by atoms with Gasteiger partial charge in [0.1, 0.15) is 11.6 Å². The topological polar surface area (TPSA) is 49.3 Å². The summed E-state index contributed by atoms with van der Waals surface area (Å²) in [5.41, 5.74) is -0.592. The Kier molecular flexibility index (Phi) is 4.17. The monoisotopic (exact) mass is 309 g/mol. The number of carbonyl (C=O) groups is 1. The van der Waals surface area contributed by atoms with Gasteiger partial charge in [0, 0.05) is 24.1 Å². The van der Waals surface area contributed by atoms with Gasteiger partial charge >= 0.3 is 0 Å². The first-order valence-electron chi connectivity index (χ1n) is 7.95. The number of aliphatic hydroxyl groups is 1. The molecule has 2 fully saturated rings. The Morgan fingerprint density at radius 3 is 2.59 bits per heavy atom. The van der Waals surface area contributed by atoms with Crippen molar-refractivity contribution in [3.8, 4) is 0 Å². The van der Waals surface area contributed by atoms with Crippen molar-refractivity contribution in [2.45, 2.75) is 50.0 Å². The summed E-state index contributed by atoms with van der Waals surface area (Å²) in [6.07, 6.45) is 4.30. The second-order valence-electron chi connectivity index (χ2n) is 6.53. The van der Waals surface area contributed by atoms with Crippen molar-refractivity contribution in [2.24, 2.45) is 5.92 Å². The minimum atomic E-state index is -0.874. The van der Waals surface area contributed by atoms with Gasteiger partial charge in [-0.3, -0.25) is 4.79 Å². The number of carbonyl (C=O) groups excluding carboxylic acids is 1. The van der Waals surface area contributed by atoms with Crippen LogP contribution in [0.5, 0.6) is 0 Å². The molecule has 2 aliphatic carbocycles. The molecule has 0 heterocycles. The number of benzene rings is 1.